The maximum Gasteiger partial charge on any atom is 0.407 e. The van der Waals surface area contributed by atoms with E-state index in [0.717, 1.165) is 27.1 Å². The summed E-state index contributed by atoms with van der Waals surface area (Å²) in [5, 5.41) is 14.3. The van der Waals surface area contributed by atoms with Crippen LogP contribution < -0.4 is 10.6 Å². The number of aliphatic carboxylic acids is 1. The first kappa shape index (κ1) is 22.5. The van der Waals surface area contributed by atoms with Crippen LogP contribution in [0.1, 0.15) is 28.8 Å². The Labute approximate surface area is 194 Å². The van der Waals surface area contributed by atoms with Crippen molar-refractivity contribution in [2.45, 2.75) is 31.3 Å². The zero-order valence-corrected chi connectivity index (χ0v) is 18.7. The van der Waals surface area contributed by atoms with Crippen LogP contribution in [0.15, 0.2) is 60.2 Å². The lowest BCUT2D eigenvalue weighted by Gasteiger charge is -2.19. The lowest BCUT2D eigenvalue weighted by molar-refractivity contribution is -0.142. The van der Waals surface area contributed by atoms with E-state index in [2.05, 4.69) is 15.6 Å². The van der Waals surface area contributed by atoms with Crippen molar-refractivity contribution in [3.8, 4) is 11.1 Å². The molecule has 0 radical (unpaired) electrons. The number of ether oxygens (including phenoxy) is 1. The largest absolute Gasteiger partial charge is 0.480 e. The van der Waals surface area contributed by atoms with Crippen molar-refractivity contribution < 1.29 is 24.2 Å². The fourth-order valence-corrected chi connectivity index (χ4v) is 4.57. The summed E-state index contributed by atoms with van der Waals surface area (Å²) in [5.41, 5.74) is 6.01. The van der Waals surface area contributed by atoms with E-state index in [9.17, 15) is 19.5 Å². The van der Waals surface area contributed by atoms with E-state index in [4.69, 9.17) is 4.74 Å². The van der Waals surface area contributed by atoms with Crippen molar-refractivity contribution >= 4 is 29.3 Å². The Hall–Kier alpha value is -3.72. The first-order chi connectivity index (χ1) is 15.9. The Kier molecular flexibility index (Phi) is 6.69. The van der Waals surface area contributed by atoms with Crippen LogP contribution in [-0.2, 0) is 20.7 Å². The van der Waals surface area contributed by atoms with Gasteiger partial charge in [-0.2, -0.15) is 0 Å². The molecule has 1 aliphatic carbocycles. The molecule has 4 rings (SSSR count). The van der Waals surface area contributed by atoms with E-state index in [0.29, 0.717) is 0 Å². The average Bonchev–Trinajstić information content (AvgIpc) is 3.43. The monoisotopic (exact) mass is 465 g/mol. The first-order valence-electron chi connectivity index (χ1n) is 10.5. The minimum absolute atomic E-state index is 0.0944. The Morgan fingerprint density at radius 1 is 1.06 bits per heavy atom. The summed E-state index contributed by atoms with van der Waals surface area (Å²) in [6.45, 7) is 1.60. The van der Waals surface area contributed by atoms with Crippen LogP contribution in [0.4, 0.5) is 4.79 Å². The average molecular weight is 466 g/mol. The molecule has 2 amide bonds. The molecule has 2 aromatic carbocycles. The van der Waals surface area contributed by atoms with Gasteiger partial charge in [-0.1, -0.05) is 48.5 Å². The molecule has 1 unspecified atom stereocenters. The topological polar surface area (TPSA) is 118 Å². The van der Waals surface area contributed by atoms with Crippen LogP contribution in [-0.4, -0.2) is 46.8 Å². The molecule has 2 atom stereocenters. The summed E-state index contributed by atoms with van der Waals surface area (Å²) in [6.07, 6.45) is 0.933. The summed E-state index contributed by atoms with van der Waals surface area (Å²) in [5.74, 6) is -1.87. The van der Waals surface area contributed by atoms with Gasteiger partial charge in [-0.05, 0) is 29.2 Å². The van der Waals surface area contributed by atoms with Crippen molar-refractivity contribution in [1.29, 1.82) is 0 Å². The van der Waals surface area contributed by atoms with Gasteiger partial charge in [0.25, 0.3) is 0 Å². The van der Waals surface area contributed by atoms with Gasteiger partial charge in [0.15, 0.2) is 0 Å². The molecule has 170 valence electrons. The number of carboxylic acids is 1. The normalized spacial score (nSPS) is 14.0. The number of carbonyl (C=O) groups excluding carboxylic acids is 2. The van der Waals surface area contributed by atoms with Gasteiger partial charge in [0.2, 0.25) is 5.91 Å². The summed E-state index contributed by atoms with van der Waals surface area (Å²) < 4.78 is 5.45. The van der Waals surface area contributed by atoms with Crippen LogP contribution >= 0.6 is 11.3 Å². The number of nitrogens with zero attached hydrogens (tertiary/aromatic N) is 1. The molecule has 0 saturated heterocycles. The molecule has 1 aromatic heterocycles. The van der Waals surface area contributed by atoms with Crippen LogP contribution in [0.25, 0.3) is 11.1 Å². The lowest BCUT2D eigenvalue weighted by Crippen LogP contribution is -2.51. The number of amides is 2. The molecule has 3 aromatic rings. The highest BCUT2D eigenvalue weighted by molar-refractivity contribution is 7.09. The highest BCUT2D eigenvalue weighted by Gasteiger charge is 2.30. The van der Waals surface area contributed by atoms with E-state index in [-0.39, 0.29) is 18.9 Å². The van der Waals surface area contributed by atoms with Crippen LogP contribution in [0.2, 0.25) is 0 Å². The summed E-state index contributed by atoms with van der Waals surface area (Å²) in [4.78, 5) is 41.0. The second kappa shape index (κ2) is 9.83. The SMILES string of the molecule is C[C@H](NC(=O)OCC1c2ccccc2-c2ccccc21)C(=O)NC(Cc1cncs1)C(=O)O. The third kappa shape index (κ3) is 5.04. The van der Waals surface area contributed by atoms with Gasteiger partial charge in [0.1, 0.15) is 18.7 Å². The van der Waals surface area contributed by atoms with E-state index in [1.54, 1.807) is 11.7 Å². The summed E-state index contributed by atoms with van der Waals surface area (Å²) in [7, 11) is 0. The molecule has 9 heteroatoms. The number of aromatic nitrogens is 1. The Morgan fingerprint density at radius 3 is 2.27 bits per heavy atom. The minimum atomic E-state index is -1.16. The molecule has 0 bridgehead atoms. The number of thiazole rings is 1. The van der Waals surface area contributed by atoms with E-state index < -0.39 is 30.1 Å². The van der Waals surface area contributed by atoms with E-state index in [1.165, 1.54) is 18.3 Å². The van der Waals surface area contributed by atoms with Crippen LogP contribution in [0, 0.1) is 0 Å². The lowest BCUT2D eigenvalue weighted by atomic mass is 9.98. The fourth-order valence-electron chi connectivity index (χ4n) is 3.92. The summed E-state index contributed by atoms with van der Waals surface area (Å²) >= 11 is 1.31. The van der Waals surface area contributed by atoms with Crippen molar-refractivity contribution in [2.75, 3.05) is 6.61 Å². The highest BCUT2D eigenvalue weighted by atomic mass is 32.1. The molecule has 0 aliphatic heterocycles. The van der Waals surface area contributed by atoms with Crippen molar-refractivity contribution in [3.05, 3.63) is 76.2 Å². The van der Waals surface area contributed by atoms with Gasteiger partial charge < -0.3 is 20.5 Å². The number of nitrogens with one attached hydrogen (secondary N) is 2. The predicted molar refractivity (Wildman–Crippen MR) is 123 cm³/mol. The highest BCUT2D eigenvalue weighted by Crippen LogP contribution is 2.44. The molecule has 3 N–H and O–H groups in total. The van der Waals surface area contributed by atoms with Gasteiger partial charge in [-0.25, -0.2) is 9.59 Å². The molecular formula is C24H23N3O5S. The Bertz CT molecular complexity index is 1120. The first-order valence-corrected chi connectivity index (χ1v) is 11.3. The second-order valence-electron chi connectivity index (χ2n) is 7.76. The van der Waals surface area contributed by atoms with Crippen molar-refractivity contribution in [2.24, 2.45) is 0 Å². The zero-order valence-electron chi connectivity index (χ0n) is 17.9. The number of alkyl carbamates (subject to hydrolysis) is 1. The Morgan fingerprint density at radius 2 is 1.70 bits per heavy atom. The number of fused-ring (bicyclic) bond motifs is 3. The zero-order chi connectivity index (χ0) is 23.4. The number of benzene rings is 2. The maximum atomic E-state index is 12.5. The summed E-state index contributed by atoms with van der Waals surface area (Å²) in [6, 6.07) is 13.9. The maximum absolute atomic E-state index is 12.5. The molecule has 1 heterocycles. The number of hydrogen-bond acceptors (Lipinski definition) is 6. The smallest absolute Gasteiger partial charge is 0.407 e. The van der Waals surface area contributed by atoms with E-state index in [1.807, 2.05) is 48.5 Å². The molecule has 0 saturated carbocycles. The molecule has 0 spiro atoms. The Balaban J connectivity index is 1.33. The third-order valence-electron chi connectivity index (χ3n) is 5.57. The van der Waals surface area contributed by atoms with E-state index >= 15 is 0 Å². The minimum Gasteiger partial charge on any atom is -0.480 e. The van der Waals surface area contributed by atoms with Gasteiger partial charge in [0, 0.05) is 23.4 Å². The van der Waals surface area contributed by atoms with Gasteiger partial charge in [-0.3, -0.25) is 9.78 Å². The van der Waals surface area contributed by atoms with Crippen LogP contribution in [0.5, 0.6) is 0 Å². The van der Waals surface area contributed by atoms with Gasteiger partial charge in [0.05, 0.1) is 5.51 Å². The molecule has 8 nitrogen and oxygen atoms in total. The second-order valence-corrected chi connectivity index (χ2v) is 8.73. The van der Waals surface area contributed by atoms with Crippen LogP contribution in [0.3, 0.4) is 0 Å². The number of hydrogen-bond donors (Lipinski definition) is 3. The molecular weight excluding hydrogens is 442 g/mol. The molecule has 33 heavy (non-hydrogen) atoms. The number of rotatable bonds is 8. The number of carbonyl (C=O) groups is 3. The fraction of sp³-hybridized carbons (Fsp3) is 0.250. The third-order valence-corrected chi connectivity index (χ3v) is 6.38. The number of carboxylic acid groups (broad SMARTS) is 1. The standard InChI is InChI=1S/C24H23N3O5S/c1-14(22(28)27-21(23(29)30)10-15-11-25-13-33-15)26-24(31)32-12-20-18-8-4-2-6-16(18)17-7-3-5-9-19(17)20/h2-9,11,13-14,20-21H,10,12H2,1H3,(H,26,31)(H,27,28)(H,29,30)/t14-,21?/m0/s1. The molecule has 0 fully saturated rings. The molecule has 1 aliphatic rings. The van der Waals surface area contributed by atoms with Gasteiger partial charge >= 0.3 is 12.1 Å². The predicted octanol–water partition coefficient (Wildman–Crippen LogP) is 3.18. The van der Waals surface area contributed by atoms with Crippen molar-refractivity contribution in [3.63, 3.8) is 0 Å². The quantitative estimate of drug-likeness (QED) is 0.470. The van der Waals surface area contributed by atoms with Crippen molar-refractivity contribution in [1.82, 2.24) is 15.6 Å². The van der Waals surface area contributed by atoms with Gasteiger partial charge in [-0.15, -0.1) is 11.3 Å².